The molecule has 1 aromatic rings. The minimum absolute atomic E-state index is 0.0435. The molecular weight excluding hydrogens is 272 g/mol. The molecule has 5 heteroatoms. The van der Waals surface area contributed by atoms with Gasteiger partial charge in [-0.1, -0.05) is 6.92 Å². The fraction of sp³-hybridized carbons (Fsp3) is 0.600. The Balaban J connectivity index is 1.85. The van der Waals surface area contributed by atoms with Crippen molar-refractivity contribution < 1.29 is 9.90 Å². The van der Waals surface area contributed by atoms with Crippen molar-refractivity contribution in [2.24, 2.45) is 5.92 Å². The number of aromatic nitrogens is 1. The minimum Gasteiger partial charge on any atom is -0.396 e. The van der Waals surface area contributed by atoms with Crippen LogP contribution in [-0.4, -0.2) is 34.4 Å². The highest BCUT2D eigenvalue weighted by Gasteiger charge is 2.22. The first kappa shape index (κ1) is 15.3. The van der Waals surface area contributed by atoms with Gasteiger partial charge in [0.15, 0.2) is 0 Å². The summed E-state index contributed by atoms with van der Waals surface area (Å²) >= 11 is 1.67. The second kappa shape index (κ2) is 7.64. The van der Waals surface area contributed by atoms with E-state index in [0.29, 0.717) is 11.5 Å². The van der Waals surface area contributed by atoms with Crippen LogP contribution < -0.4 is 5.32 Å². The van der Waals surface area contributed by atoms with Gasteiger partial charge >= 0.3 is 0 Å². The van der Waals surface area contributed by atoms with E-state index < -0.39 is 0 Å². The first-order valence-corrected chi connectivity index (χ1v) is 8.22. The van der Waals surface area contributed by atoms with Crippen molar-refractivity contribution in [3.63, 3.8) is 0 Å². The van der Waals surface area contributed by atoms with Gasteiger partial charge in [-0.05, 0) is 49.5 Å². The van der Waals surface area contributed by atoms with Gasteiger partial charge < -0.3 is 10.4 Å². The van der Waals surface area contributed by atoms with E-state index in [1.807, 2.05) is 12.1 Å². The summed E-state index contributed by atoms with van der Waals surface area (Å²) in [7, 11) is 0. The fourth-order valence-corrected chi connectivity index (χ4v) is 3.09. The number of thioether (sulfide) groups is 1. The molecule has 0 spiro atoms. The van der Waals surface area contributed by atoms with Crippen molar-refractivity contribution >= 4 is 17.7 Å². The molecule has 0 bridgehead atoms. The van der Waals surface area contributed by atoms with Crippen molar-refractivity contribution in [2.75, 3.05) is 12.4 Å². The van der Waals surface area contributed by atoms with Crippen LogP contribution in [0.4, 0.5) is 0 Å². The Kier molecular flexibility index (Phi) is 5.86. The second-order valence-corrected chi connectivity index (χ2v) is 6.48. The molecule has 0 aromatic carbocycles. The fourth-order valence-electron chi connectivity index (χ4n) is 2.51. The van der Waals surface area contributed by atoms with Gasteiger partial charge in [0.1, 0.15) is 0 Å². The van der Waals surface area contributed by atoms with E-state index in [1.54, 1.807) is 18.0 Å². The monoisotopic (exact) mass is 294 g/mol. The summed E-state index contributed by atoms with van der Waals surface area (Å²) in [6.07, 6.45) is 5.53. The lowest BCUT2D eigenvalue weighted by Gasteiger charge is -2.27. The molecule has 1 saturated carbocycles. The zero-order chi connectivity index (χ0) is 14.4. The number of nitrogens with zero attached hydrogens (tertiary/aromatic N) is 1. The molecule has 0 aliphatic heterocycles. The molecule has 110 valence electrons. The minimum atomic E-state index is -0.0435. The van der Waals surface area contributed by atoms with Gasteiger partial charge in [0.05, 0.1) is 10.6 Å². The van der Waals surface area contributed by atoms with E-state index in [2.05, 4.69) is 17.2 Å². The molecular formula is C15H22N2O2S. The molecule has 1 aliphatic carbocycles. The molecule has 1 aromatic heterocycles. The van der Waals surface area contributed by atoms with Crippen LogP contribution in [0.25, 0.3) is 0 Å². The van der Waals surface area contributed by atoms with Crippen LogP contribution in [0.15, 0.2) is 23.4 Å². The van der Waals surface area contributed by atoms with E-state index in [-0.39, 0.29) is 18.6 Å². The topological polar surface area (TPSA) is 62.2 Å². The van der Waals surface area contributed by atoms with Crippen molar-refractivity contribution in [2.45, 2.75) is 43.7 Å². The number of carbonyl (C=O) groups is 1. The molecule has 1 amide bonds. The van der Waals surface area contributed by atoms with Gasteiger partial charge in [-0.2, -0.15) is 0 Å². The number of rotatable bonds is 5. The maximum absolute atomic E-state index is 12.1. The largest absolute Gasteiger partial charge is 0.396 e. The Hall–Kier alpha value is -1.07. The summed E-state index contributed by atoms with van der Waals surface area (Å²) in [5, 5.41) is 13.1. The number of nitrogens with one attached hydrogen (secondary N) is 1. The molecule has 1 heterocycles. The quantitative estimate of drug-likeness (QED) is 0.819. The summed E-state index contributed by atoms with van der Waals surface area (Å²) < 4.78 is 0. The third-order valence-electron chi connectivity index (χ3n) is 3.73. The first-order valence-electron chi connectivity index (χ1n) is 7.23. The Bertz CT molecular complexity index is 428. The lowest BCUT2D eigenvalue weighted by molar-refractivity contribution is 0.0913. The van der Waals surface area contributed by atoms with Gasteiger partial charge in [0.25, 0.3) is 5.91 Å². The number of aliphatic hydroxyl groups excluding tert-OH is 1. The van der Waals surface area contributed by atoms with E-state index in [0.717, 1.165) is 36.5 Å². The number of hydrogen-bond donors (Lipinski definition) is 2. The highest BCUT2D eigenvalue weighted by atomic mass is 32.2. The molecule has 1 aliphatic rings. The molecule has 0 radical (unpaired) electrons. The second-order valence-electron chi connectivity index (χ2n) is 5.19. The van der Waals surface area contributed by atoms with Crippen LogP contribution in [0.3, 0.4) is 0 Å². The predicted molar refractivity (Wildman–Crippen MR) is 80.9 cm³/mol. The molecule has 1 fully saturated rings. The lowest BCUT2D eigenvalue weighted by Crippen LogP contribution is -2.38. The van der Waals surface area contributed by atoms with Crippen LogP contribution in [0, 0.1) is 5.92 Å². The van der Waals surface area contributed by atoms with Crippen molar-refractivity contribution in [1.29, 1.82) is 0 Å². The Morgan fingerprint density at radius 3 is 2.70 bits per heavy atom. The molecule has 2 N–H and O–H groups in total. The van der Waals surface area contributed by atoms with Gasteiger partial charge in [-0.15, -0.1) is 11.8 Å². The number of aliphatic hydroxyl groups is 1. The Labute approximate surface area is 124 Å². The molecule has 0 saturated heterocycles. The SMILES string of the molecule is CCSc1ccc(C(=O)NC2CCC(CO)CC2)cn1. The molecule has 20 heavy (non-hydrogen) atoms. The maximum Gasteiger partial charge on any atom is 0.253 e. The smallest absolute Gasteiger partial charge is 0.253 e. The van der Waals surface area contributed by atoms with Crippen LogP contribution in [0.1, 0.15) is 43.0 Å². The van der Waals surface area contributed by atoms with Gasteiger partial charge in [0.2, 0.25) is 0 Å². The van der Waals surface area contributed by atoms with Gasteiger partial charge in [-0.25, -0.2) is 4.98 Å². The molecule has 0 atom stereocenters. The van der Waals surface area contributed by atoms with E-state index in [9.17, 15) is 4.79 Å². The lowest BCUT2D eigenvalue weighted by atomic mass is 9.86. The highest BCUT2D eigenvalue weighted by Crippen LogP contribution is 2.24. The average molecular weight is 294 g/mol. The van der Waals surface area contributed by atoms with Crippen LogP contribution >= 0.6 is 11.8 Å². The molecule has 4 nitrogen and oxygen atoms in total. The normalized spacial score (nSPS) is 22.5. The Morgan fingerprint density at radius 2 is 2.15 bits per heavy atom. The van der Waals surface area contributed by atoms with Crippen LogP contribution in [0.5, 0.6) is 0 Å². The third-order valence-corrected chi connectivity index (χ3v) is 4.56. The summed E-state index contributed by atoms with van der Waals surface area (Å²) in [6.45, 7) is 2.34. The number of pyridine rings is 1. The third kappa shape index (κ3) is 4.21. The van der Waals surface area contributed by atoms with Crippen molar-refractivity contribution in [3.05, 3.63) is 23.9 Å². The first-order chi connectivity index (χ1) is 9.72. The van der Waals surface area contributed by atoms with E-state index >= 15 is 0 Å². The Morgan fingerprint density at radius 1 is 1.40 bits per heavy atom. The number of amides is 1. The summed E-state index contributed by atoms with van der Waals surface area (Å²) in [5.74, 6) is 1.35. The molecule has 0 unspecified atom stereocenters. The van der Waals surface area contributed by atoms with Crippen molar-refractivity contribution in [3.8, 4) is 0 Å². The number of hydrogen-bond acceptors (Lipinski definition) is 4. The molecule has 2 rings (SSSR count). The standard InChI is InChI=1S/C15H22N2O2S/c1-2-20-14-8-5-12(9-16-14)15(19)17-13-6-3-11(10-18)4-7-13/h5,8-9,11,13,18H,2-4,6-7,10H2,1H3,(H,17,19). The van der Waals surface area contributed by atoms with Crippen molar-refractivity contribution in [1.82, 2.24) is 10.3 Å². The highest BCUT2D eigenvalue weighted by molar-refractivity contribution is 7.99. The van der Waals surface area contributed by atoms with Gasteiger partial charge in [0, 0.05) is 18.8 Å². The van der Waals surface area contributed by atoms with E-state index in [4.69, 9.17) is 5.11 Å². The van der Waals surface area contributed by atoms with Gasteiger partial charge in [-0.3, -0.25) is 4.79 Å². The summed E-state index contributed by atoms with van der Waals surface area (Å²) in [6, 6.07) is 3.96. The summed E-state index contributed by atoms with van der Waals surface area (Å²) in [4.78, 5) is 16.4. The number of carbonyl (C=O) groups excluding carboxylic acids is 1. The predicted octanol–water partition coefficient (Wildman–Crippen LogP) is 2.47. The average Bonchev–Trinajstić information content (AvgIpc) is 2.49. The zero-order valence-electron chi connectivity index (χ0n) is 11.8. The van der Waals surface area contributed by atoms with E-state index in [1.165, 1.54) is 0 Å². The van der Waals surface area contributed by atoms with Crippen LogP contribution in [0.2, 0.25) is 0 Å². The zero-order valence-corrected chi connectivity index (χ0v) is 12.7. The van der Waals surface area contributed by atoms with Crippen LogP contribution in [-0.2, 0) is 0 Å². The maximum atomic E-state index is 12.1. The summed E-state index contributed by atoms with van der Waals surface area (Å²) in [5.41, 5.74) is 0.620.